The van der Waals surface area contributed by atoms with Crippen LogP contribution in [0.3, 0.4) is 0 Å². The Bertz CT molecular complexity index is 449. The summed E-state index contributed by atoms with van der Waals surface area (Å²) in [5, 5.41) is 8.54. The molecule has 4 nitrogen and oxygen atoms in total. The van der Waals surface area contributed by atoms with Crippen LogP contribution in [0.15, 0.2) is 24.3 Å². The first-order valence-electron chi connectivity index (χ1n) is 5.33. The quantitative estimate of drug-likeness (QED) is 0.812. The Balaban J connectivity index is 2.04. The molecule has 0 radical (unpaired) electrons. The molecule has 1 aromatic rings. The van der Waals surface area contributed by atoms with Crippen molar-refractivity contribution in [2.45, 2.75) is 24.5 Å². The third-order valence-electron chi connectivity index (χ3n) is 2.58. The Kier molecular flexibility index (Phi) is 3.16. The van der Waals surface area contributed by atoms with Crippen molar-refractivity contribution in [3.63, 3.8) is 0 Å². The summed E-state index contributed by atoms with van der Waals surface area (Å²) in [7, 11) is -3.16. The van der Waals surface area contributed by atoms with Crippen molar-refractivity contribution in [2.75, 3.05) is 11.3 Å². The molecule has 2 rings (SSSR count). The normalized spacial score (nSPS) is 16.1. The van der Waals surface area contributed by atoms with E-state index in [-0.39, 0.29) is 11.9 Å². The maximum absolute atomic E-state index is 11.6. The van der Waals surface area contributed by atoms with Gasteiger partial charge < -0.3 is 5.11 Å². The molecule has 0 aromatic heterocycles. The van der Waals surface area contributed by atoms with Crippen LogP contribution in [0.5, 0.6) is 0 Å². The van der Waals surface area contributed by atoms with Gasteiger partial charge in [0.15, 0.2) is 0 Å². The third-order valence-corrected chi connectivity index (χ3v) is 4.45. The number of hydrogen-bond donors (Lipinski definition) is 2. The van der Waals surface area contributed by atoms with Gasteiger partial charge in [-0.05, 0) is 37.0 Å². The Morgan fingerprint density at radius 1 is 1.25 bits per heavy atom. The highest BCUT2D eigenvalue weighted by Crippen LogP contribution is 2.29. The Labute approximate surface area is 95.4 Å². The lowest BCUT2D eigenvalue weighted by Gasteiger charge is -2.07. The van der Waals surface area contributed by atoms with Crippen LogP contribution in [0, 0.1) is 0 Å². The van der Waals surface area contributed by atoms with Crippen LogP contribution in [-0.4, -0.2) is 25.4 Å². The fourth-order valence-corrected chi connectivity index (χ4v) is 2.88. The topological polar surface area (TPSA) is 66.4 Å². The molecule has 2 N–H and O–H groups in total. The van der Waals surface area contributed by atoms with Gasteiger partial charge in [-0.3, -0.25) is 4.72 Å². The second kappa shape index (κ2) is 4.43. The summed E-state index contributed by atoms with van der Waals surface area (Å²) >= 11 is 0. The first kappa shape index (κ1) is 11.4. The number of aliphatic hydroxyl groups excluding tert-OH is 1. The summed E-state index contributed by atoms with van der Waals surface area (Å²) in [6.07, 6.45) is 2.12. The fraction of sp³-hybridized carbons (Fsp3) is 0.455. The number of rotatable bonds is 5. The van der Waals surface area contributed by atoms with Crippen LogP contribution in [0.25, 0.3) is 0 Å². The highest BCUT2D eigenvalue weighted by molar-refractivity contribution is 7.93. The van der Waals surface area contributed by atoms with Crippen LogP contribution in [0.4, 0.5) is 5.69 Å². The number of nitrogens with one attached hydrogen (secondary N) is 1. The second-order valence-electron chi connectivity index (χ2n) is 4.02. The zero-order valence-corrected chi connectivity index (χ0v) is 9.70. The van der Waals surface area contributed by atoms with Gasteiger partial charge in [0.1, 0.15) is 0 Å². The van der Waals surface area contributed by atoms with Crippen molar-refractivity contribution in [3.8, 4) is 0 Å². The molecule has 1 saturated carbocycles. The zero-order valence-electron chi connectivity index (χ0n) is 8.89. The molecular formula is C11H15NO3S. The number of hydrogen-bond acceptors (Lipinski definition) is 3. The minimum absolute atomic E-state index is 0.104. The average molecular weight is 241 g/mol. The molecule has 1 aliphatic rings. The van der Waals surface area contributed by atoms with Crippen LogP contribution in [-0.2, 0) is 16.4 Å². The van der Waals surface area contributed by atoms with Crippen molar-refractivity contribution in [2.24, 2.45) is 0 Å². The van der Waals surface area contributed by atoms with Crippen LogP contribution in [0.1, 0.15) is 18.4 Å². The summed E-state index contributed by atoms with van der Waals surface area (Å²) in [5.74, 6) is 0. The van der Waals surface area contributed by atoms with Crippen molar-refractivity contribution in [3.05, 3.63) is 29.8 Å². The monoisotopic (exact) mass is 241 g/mol. The second-order valence-corrected chi connectivity index (χ2v) is 5.98. The predicted octanol–water partition coefficient (Wildman–Crippen LogP) is 1.13. The number of sulfonamides is 1. The molecule has 5 heteroatoms. The maximum Gasteiger partial charge on any atom is 0.235 e. The van der Waals surface area contributed by atoms with Crippen molar-refractivity contribution in [1.29, 1.82) is 0 Å². The summed E-state index contributed by atoms with van der Waals surface area (Å²) in [4.78, 5) is 0. The molecular weight excluding hydrogens is 226 g/mol. The average Bonchev–Trinajstić information content (AvgIpc) is 3.04. The highest BCUT2D eigenvalue weighted by atomic mass is 32.2. The van der Waals surface area contributed by atoms with E-state index >= 15 is 0 Å². The van der Waals surface area contributed by atoms with Crippen LogP contribution < -0.4 is 4.72 Å². The minimum Gasteiger partial charge on any atom is -0.396 e. The highest BCUT2D eigenvalue weighted by Gasteiger charge is 2.35. The van der Waals surface area contributed by atoms with Gasteiger partial charge in [0.25, 0.3) is 0 Å². The Morgan fingerprint density at radius 3 is 2.38 bits per heavy atom. The minimum atomic E-state index is -3.16. The molecule has 1 aliphatic carbocycles. The van der Waals surface area contributed by atoms with Crippen LogP contribution in [0.2, 0.25) is 0 Å². The SMILES string of the molecule is O=S(=O)(Nc1ccc(CCO)cc1)C1CC1. The molecule has 0 amide bonds. The van der Waals surface area contributed by atoms with Crippen LogP contribution >= 0.6 is 0 Å². The van der Waals surface area contributed by atoms with Gasteiger partial charge in [0.05, 0.1) is 5.25 Å². The summed E-state index contributed by atoms with van der Waals surface area (Å²) in [6, 6.07) is 7.10. The molecule has 0 atom stereocenters. The van der Waals surface area contributed by atoms with Gasteiger partial charge in [0, 0.05) is 12.3 Å². The van der Waals surface area contributed by atoms with E-state index in [1.807, 2.05) is 12.1 Å². The first-order valence-corrected chi connectivity index (χ1v) is 6.88. The molecule has 0 aliphatic heterocycles. The molecule has 1 fully saturated rings. The lowest BCUT2D eigenvalue weighted by Crippen LogP contribution is -2.17. The van der Waals surface area contributed by atoms with E-state index in [9.17, 15) is 8.42 Å². The molecule has 16 heavy (non-hydrogen) atoms. The Hall–Kier alpha value is -1.07. The lowest BCUT2D eigenvalue weighted by atomic mass is 10.1. The molecule has 0 unspecified atom stereocenters. The largest absolute Gasteiger partial charge is 0.396 e. The van der Waals surface area contributed by atoms with E-state index in [2.05, 4.69) is 4.72 Å². The number of benzene rings is 1. The summed E-state index contributed by atoms with van der Waals surface area (Å²) in [5.41, 5.74) is 1.59. The van der Waals surface area contributed by atoms with E-state index < -0.39 is 10.0 Å². The standard InChI is InChI=1S/C11H15NO3S/c13-8-7-9-1-3-10(4-2-9)12-16(14,15)11-5-6-11/h1-4,11-13H,5-8H2. The van der Waals surface area contributed by atoms with Gasteiger partial charge in [-0.25, -0.2) is 8.42 Å². The summed E-state index contributed by atoms with van der Waals surface area (Å²) < 4.78 is 25.8. The Morgan fingerprint density at radius 2 is 1.88 bits per heavy atom. The molecule has 0 saturated heterocycles. The third kappa shape index (κ3) is 2.74. The number of aliphatic hydroxyl groups is 1. The molecule has 0 heterocycles. The van der Waals surface area contributed by atoms with E-state index in [4.69, 9.17) is 5.11 Å². The van der Waals surface area contributed by atoms with E-state index in [0.717, 1.165) is 18.4 Å². The molecule has 88 valence electrons. The van der Waals surface area contributed by atoms with E-state index in [1.54, 1.807) is 12.1 Å². The molecule has 1 aromatic carbocycles. The summed E-state index contributed by atoms with van der Waals surface area (Å²) in [6.45, 7) is 0.104. The number of anilines is 1. The van der Waals surface area contributed by atoms with Crippen molar-refractivity contribution >= 4 is 15.7 Å². The van der Waals surface area contributed by atoms with Gasteiger partial charge in [-0.15, -0.1) is 0 Å². The lowest BCUT2D eigenvalue weighted by molar-refractivity contribution is 0.299. The van der Waals surface area contributed by atoms with Gasteiger partial charge in [-0.2, -0.15) is 0 Å². The smallest absolute Gasteiger partial charge is 0.235 e. The van der Waals surface area contributed by atoms with E-state index in [0.29, 0.717) is 12.1 Å². The molecule has 0 spiro atoms. The van der Waals surface area contributed by atoms with Gasteiger partial charge >= 0.3 is 0 Å². The van der Waals surface area contributed by atoms with Crippen molar-refractivity contribution in [1.82, 2.24) is 0 Å². The van der Waals surface area contributed by atoms with Crippen molar-refractivity contribution < 1.29 is 13.5 Å². The zero-order chi connectivity index (χ0) is 11.6. The first-order chi connectivity index (χ1) is 7.62. The predicted molar refractivity (Wildman–Crippen MR) is 62.8 cm³/mol. The van der Waals surface area contributed by atoms with Gasteiger partial charge in [-0.1, -0.05) is 12.1 Å². The van der Waals surface area contributed by atoms with E-state index in [1.165, 1.54) is 0 Å². The van der Waals surface area contributed by atoms with Gasteiger partial charge in [0.2, 0.25) is 10.0 Å². The molecule has 0 bridgehead atoms. The fourth-order valence-electron chi connectivity index (χ4n) is 1.49. The maximum atomic E-state index is 11.6.